The van der Waals surface area contributed by atoms with E-state index >= 15 is 0 Å². The summed E-state index contributed by atoms with van der Waals surface area (Å²) < 4.78 is 5.94. The summed E-state index contributed by atoms with van der Waals surface area (Å²) in [5.74, 6) is 0.892. The van der Waals surface area contributed by atoms with Gasteiger partial charge in [-0.3, -0.25) is 4.79 Å². The van der Waals surface area contributed by atoms with Crippen molar-refractivity contribution in [2.24, 2.45) is 0 Å². The summed E-state index contributed by atoms with van der Waals surface area (Å²) in [7, 11) is 1.91. The number of ketones is 1. The van der Waals surface area contributed by atoms with E-state index in [4.69, 9.17) is 28.6 Å². The molecule has 0 aromatic heterocycles. The van der Waals surface area contributed by atoms with E-state index in [1.165, 1.54) is 0 Å². The highest BCUT2D eigenvalue weighted by atomic mass is 35.5. The Hall–Kier alpha value is -1.59. The number of nitrogens with zero attached hydrogens (tertiary/aromatic N) is 1. The Labute approximate surface area is 152 Å². The lowest BCUT2D eigenvalue weighted by atomic mass is 9.84. The number of nitrogens with one attached hydrogen (secondary N) is 1. The highest BCUT2D eigenvalue weighted by Crippen LogP contribution is 2.40. The van der Waals surface area contributed by atoms with Gasteiger partial charge in [-0.05, 0) is 57.1 Å². The molecule has 1 aliphatic heterocycles. The molecular weight excluding hydrogens is 344 g/mol. The van der Waals surface area contributed by atoms with Gasteiger partial charge in [-0.2, -0.15) is 0 Å². The predicted molar refractivity (Wildman–Crippen MR) is 99.3 cm³/mol. The van der Waals surface area contributed by atoms with Crippen LogP contribution in [-0.4, -0.2) is 28.9 Å². The van der Waals surface area contributed by atoms with E-state index in [-0.39, 0.29) is 17.9 Å². The third-order valence-electron chi connectivity index (χ3n) is 4.34. The number of Topliss-reactive ketones (excluding diaryl/α,β-unsaturated/α-hetero) is 1. The fourth-order valence-corrected chi connectivity index (χ4v) is 3.69. The molecule has 4 nitrogen and oxygen atoms in total. The molecular formula is C18H21ClN2O2S. The number of hydrogen-bond donors (Lipinski definition) is 1. The summed E-state index contributed by atoms with van der Waals surface area (Å²) in [6.07, 6.45) is 2.32. The fourth-order valence-electron chi connectivity index (χ4n) is 3.28. The molecule has 24 heavy (non-hydrogen) atoms. The minimum atomic E-state index is -0.316. The molecule has 0 radical (unpaired) electrons. The number of carbonyl (C=O) groups is 1. The van der Waals surface area contributed by atoms with Crippen LogP contribution in [-0.2, 0) is 4.79 Å². The molecule has 2 aliphatic rings. The van der Waals surface area contributed by atoms with Gasteiger partial charge in [0, 0.05) is 35.3 Å². The Kier molecular flexibility index (Phi) is 4.83. The first kappa shape index (κ1) is 17.2. The van der Waals surface area contributed by atoms with Gasteiger partial charge in [-0.25, -0.2) is 0 Å². The molecule has 0 saturated carbocycles. The lowest BCUT2D eigenvalue weighted by molar-refractivity contribution is -0.116. The molecule has 0 bridgehead atoms. The molecule has 1 aromatic carbocycles. The zero-order chi connectivity index (χ0) is 17.4. The summed E-state index contributed by atoms with van der Waals surface area (Å²) in [6.45, 7) is 3.95. The number of ether oxygens (including phenoxy) is 1. The third-order valence-corrected chi connectivity index (χ3v) is 4.97. The van der Waals surface area contributed by atoms with E-state index in [2.05, 4.69) is 5.32 Å². The maximum atomic E-state index is 12.6. The maximum absolute atomic E-state index is 12.6. The van der Waals surface area contributed by atoms with Crippen molar-refractivity contribution < 1.29 is 9.53 Å². The highest BCUT2D eigenvalue weighted by molar-refractivity contribution is 7.80. The van der Waals surface area contributed by atoms with Crippen molar-refractivity contribution >= 4 is 34.7 Å². The fraction of sp³-hybridized carbons (Fsp3) is 0.444. The van der Waals surface area contributed by atoms with Crippen LogP contribution in [0.2, 0.25) is 5.02 Å². The van der Waals surface area contributed by atoms with Crippen LogP contribution in [0.25, 0.3) is 0 Å². The first-order valence-corrected chi connectivity index (χ1v) is 8.93. The van der Waals surface area contributed by atoms with Crippen LogP contribution in [0, 0.1) is 0 Å². The SMILES string of the molecule is CC(C)Oc1ccc(Cl)cc1C1NC(=S)N(C)C2=C1C(=O)CCC2. The van der Waals surface area contributed by atoms with Gasteiger partial charge < -0.3 is 15.0 Å². The number of hydrogen-bond acceptors (Lipinski definition) is 3. The van der Waals surface area contributed by atoms with E-state index in [0.717, 1.165) is 35.4 Å². The zero-order valence-corrected chi connectivity index (χ0v) is 15.6. The summed E-state index contributed by atoms with van der Waals surface area (Å²) in [4.78, 5) is 14.5. The summed E-state index contributed by atoms with van der Waals surface area (Å²) >= 11 is 11.7. The number of carbonyl (C=O) groups excluding carboxylic acids is 1. The van der Waals surface area contributed by atoms with Gasteiger partial charge in [0.05, 0.1) is 12.1 Å². The van der Waals surface area contributed by atoms with Crippen molar-refractivity contribution in [3.05, 3.63) is 40.1 Å². The van der Waals surface area contributed by atoms with Gasteiger partial charge in [0.25, 0.3) is 0 Å². The van der Waals surface area contributed by atoms with E-state index in [1.54, 1.807) is 6.07 Å². The highest BCUT2D eigenvalue weighted by Gasteiger charge is 2.37. The Morgan fingerprint density at radius 2 is 2.12 bits per heavy atom. The second-order valence-electron chi connectivity index (χ2n) is 6.43. The Morgan fingerprint density at radius 1 is 1.38 bits per heavy atom. The molecule has 1 atom stereocenters. The van der Waals surface area contributed by atoms with E-state index in [9.17, 15) is 4.79 Å². The van der Waals surface area contributed by atoms with Crippen LogP contribution in [0.1, 0.15) is 44.7 Å². The lowest BCUT2D eigenvalue weighted by Crippen LogP contribution is -2.47. The molecule has 0 fully saturated rings. The second kappa shape index (κ2) is 6.73. The van der Waals surface area contributed by atoms with E-state index in [1.807, 2.05) is 37.9 Å². The lowest BCUT2D eigenvalue weighted by Gasteiger charge is -2.39. The molecule has 0 spiro atoms. The normalized spacial score (nSPS) is 21.0. The Bertz CT molecular complexity index is 730. The average molecular weight is 365 g/mol. The van der Waals surface area contributed by atoms with Crippen molar-refractivity contribution in [3.63, 3.8) is 0 Å². The van der Waals surface area contributed by atoms with Crippen LogP contribution in [0.5, 0.6) is 5.75 Å². The van der Waals surface area contributed by atoms with Crippen LogP contribution in [0.4, 0.5) is 0 Å². The zero-order valence-electron chi connectivity index (χ0n) is 14.1. The topological polar surface area (TPSA) is 41.6 Å². The van der Waals surface area contributed by atoms with Crippen molar-refractivity contribution in [1.29, 1.82) is 0 Å². The molecule has 1 aliphatic carbocycles. The first-order valence-electron chi connectivity index (χ1n) is 8.15. The molecule has 1 unspecified atom stereocenters. The van der Waals surface area contributed by atoms with Gasteiger partial charge in [0.1, 0.15) is 5.75 Å². The Morgan fingerprint density at radius 3 is 2.83 bits per heavy atom. The quantitative estimate of drug-likeness (QED) is 0.821. The largest absolute Gasteiger partial charge is 0.491 e. The van der Waals surface area contributed by atoms with Crippen molar-refractivity contribution in [2.75, 3.05) is 7.05 Å². The van der Waals surface area contributed by atoms with Gasteiger partial charge in [0.2, 0.25) is 0 Å². The molecule has 0 saturated heterocycles. The summed E-state index contributed by atoms with van der Waals surface area (Å²) in [6, 6.07) is 5.20. The molecule has 0 amide bonds. The van der Waals surface area contributed by atoms with Crippen molar-refractivity contribution in [2.45, 2.75) is 45.3 Å². The predicted octanol–water partition coefficient (Wildman–Crippen LogP) is 4.00. The summed E-state index contributed by atoms with van der Waals surface area (Å²) in [5, 5.41) is 4.52. The van der Waals surface area contributed by atoms with Gasteiger partial charge in [-0.15, -0.1) is 0 Å². The van der Waals surface area contributed by atoms with E-state index in [0.29, 0.717) is 16.6 Å². The molecule has 1 heterocycles. The number of thiocarbonyl (C=S) groups is 1. The number of allylic oxidation sites excluding steroid dienone is 1. The number of benzene rings is 1. The minimum Gasteiger partial charge on any atom is -0.491 e. The molecule has 6 heteroatoms. The van der Waals surface area contributed by atoms with Crippen LogP contribution < -0.4 is 10.1 Å². The van der Waals surface area contributed by atoms with E-state index < -0.39 is 0 Å². The molecule has 128 valence electrons. The third kappa shape index (κ3) is 3.15. The Balaban J connectivity index is 2.14. The molecule has 1 aromatic rings. The van der Waals surface area contributed by atoms with Crippen molar-refractivity contribution in [3.8, 4) is 5.75 Å². The average Bonchev–Trinajstić information content (AvgIpc) is 2.52. The molecule has 1 N–H and O–H groups in total. The van der Waals surface area contributed by atoms with Crippen LogP contribution in [0.15, 0.2) is 29.5 Å². The first-order chi connectivity index (χ1) is 11.4. The smallest absolute Gasteiger partial charge is 0.173 e. The van der Waals surface area contributed by atoms with Gasteiger partial charge in [-0.1, -0.05) is 11.6 Å². The van der Waals surface area contributed by atoms with Gasteiger partial charge in [0.15, 0.2) is 10.9 Å². The van der Waals surface area contributed by atoms with Gasteiger partial charge >= 0.3 is 0 Å². The molecule has 3 rings (SSSR count). The summed E-state index contributed by atoms with van der Waals surface area (Å²) in [5.41, 5.74) is 2.65. The minimum absolute atomic E-state index is 0.0265. The monoisotopic (exact) mass is 364 g/mol. The number of halogens is 1. The maximum Gasteiger partial charge on any atom is 0.173 e. The van der Waals surface area contributed by atoms with Crippen molar-refractivity contribution in [1.82, 2.24) is 10.2 Å². The van der Waals surface area contributed by atoms with Crippen LogP contribution in [0.3, 0.4) is 0 Å². The number of rotatable bonds is 3. The second-order valence-corrected chi connectivity index (χ2v) is 7.25. The standard InChI is InChI=1S/C18H21ClN2O2S/c1-10(2)23-15-8-7-11(19)9-12(15)17-16-13(5-4-6-14(16)22)21(3)18(24)20-17/h7-10,17H,4-6H2,1-3H3,(H,20,24). The van der Waals surface area contributed by atoms with Crippen LogP contribution >= 0.6 is 23.8 Å².